The van der Waals surface area contributed by atoms with Crippen LogP contribution >= 0.6 is 0 Å². The molecule has 120 valence electrons. The first-order valence-corrected chi connectivity index (χ1v) is 7.88. The number of carbonyl (C=O) groups is 3. The van der Waals surface area contributed by atoms with E-state index in [1.807, 2.05) is 24.3 Å². The van der Waals surface area contributed by atoms with Gasteiger partial charge in [-0.1, -0.05) is 36.4 Å². The maximum Gasteiger partial charge on any atom is 0.332 e. The molecule has 0 aromatic heterocycles. The summed E-state index contributed by atoms with van der Waals surface area (Å²) >= 11 is 0. The highest BCUT2D eigenvalue weighted by Crippen LogP contribution is 2.33. The molecule has 1 atom stereocenters. The number of ketones is 1. The predicted molar refractivity (Wildman–Crippen MR) is 88.8 cm³/mol. The van der Waals surface area contributed by atoms with Crippen LogP contribution in [0.5, 0.6) is 0 Å². The number of hydrogen-bond donors (Lipinski definition) is 0. The van der Waals surface area contributed by atoms with Gasteiger partial charge in [-0.15, -0.1) is 0 Å². The SMILES string of the molecule is CC(=O)c1cccc(N2C(=O)[C@H]3Cc4ccccc4CN3C2=O)c1. The second kappa shape index (κ2) is 5.30. The van der Waals surface area contributed by atoms with Crippen LogP contribution in [0.2, 0.25) is 0 Å². The molecule has 3 amide bonds. The summed E-state index contributed by atoms with van der Waals surface area (Å²) in [6.07, 6.45) is 0.531. The van der Waals surface area contributed by atoms with E-state index in [2.05, 4.69) is 0 Å². The Morgan fingerprint density at radius 3 is 2.54 bits per heavy atom. The van der Waals surface area contributed by atoms with E-state index in [1.54, 1.807) is 29.2 Å². The molecule has 0 spiro atoms. The largest absolute Gasteiger partial charge is 0.332 e. The summed E-state index contributed by atoms with van der Waals surface area (Å²) in [5.41, 5.74) is 3.13. The number of carbonyl (C=O) groups excluding carboxylic acids is 3. The summed E-state index contributed by atoms with van der Waals surface area (Å²) < 4.78 is 0. The Morgan fingerprint density at radius 2 is 1.79 bits per heavy atom. The molecule has 24 heavy (non-hydrogen) atoms. The van der Waals surface area contributed by atoms with Crippen molar-refractivity contribution in [1.29, 1.82) is 0 Å². The molecule has 2 aliphatic rings. The van der Waals surface area contributed by atoms with Crippen molar-refractivity contribution in [1.82, 2.24) is 4.90 Å². The van der Waals surface area contributed by atoms with Crippen LogP contribution in [0.1, 0.15) is 28.4 Å². The van der Waals surface area contributed by atoms with Gasteiger partial charge in [-0.05, 0) is 30.2 Å². The number of hydrogen-bond acceptors (Lipinski definition) is 3. The number of anilines is 1. The predicted octanol–water partition coefficient (Wildman–Crippen LogP) is 2.78. The van der Waals surface area contributed by atoms with Gasteiger partial charge >= 0.3 is 6.03 Å². The highest BCUT2D eigenvalue weighted by Gasteiger charge is 2.47. The smallest absolute Gasteiger partial charge is 0.307 e. The Morgan fingerprint density at radius 1 is 1.04 bits per heavy atom. The van der Waals surface area contributed by atoms with Crippen LogP contribution in [0.15, 0.2) is 48.5 Å². The Kier molecular flexibility index (Phi) is 3.23. The van der Waals surface area contributed by atoms with Crippen molar-refractivity contribution in [3.63, 3.8) is 0 Å². The number of rotatable bonds is 2. The van der Waals surface area contributed by atoms with E-state index in [0.29, 0.717) is 24.2 Å². The Bertz CT molecular complexity index is 831. The first-order chi connectivity index (χ1) is 11.6. The van der Waals surface area contributed by atoms with Crippen molar-refractivity contribution in [3.8, 4) is 0 Å². The summed E-state index contributed by atoms with van der Waals surface area (Å²) in [6, 6.07) is 13.8. The third-order valence-electron chi connectivity index (χ3n) is 4.70. The molecule has 0 bridgehead atoms. The Labute approximate surface area is 139 Å². The second-order valence-electron chi connectivity index (χ2n) is 6.18. The van der Waals surface area contributed by atoms with Gasteiger partial charge in [0.25, 0.3) is 5.91 Å². The van der Waals surface area contributed by atoms with Crippen molar-refractivity contribution in [2.24, 2.45) is 0 Å². The molecule has 5 heteroatoms. The Hall–Kier alpha value is -2.95. The molecule has 1 saturated heterocycles. The van der Waals surface area contributed by atoms with Gasteiger partial charge in [0.2, 0.25) is 0 Å². The zero-order chi connectivity index (χ0) is 16.8. The summed E-state index contributed by atoms with van der Waals surface area (Å²) in [4.78, 5) is 40.0. The number of benzene rings is 2. The van der Waals surface area contributed by atoms with E-state index in [0.717, 1.165) is 11.1 Å². The van der Waals surface area contributed by atoms with Gasteiger partial charge in [0, 0.05) is 18.5 Å². The van der Waals surface area contributed by atoms with Crippen molar-refractivity contribution >= 4 is 23.4 Å². The van der Waals surface area contributed by atoms with Crippen LogP contribution in [0.4, 0.5) is 10.5 Å². The first kappa shape index (κ1) is 14.6. The fourth-order valence-corrected chi connectivity index (χ4v) is 3.42. The maximum absolute atomic E-state index is 12.8. The molecular weight excluding hydrogens is 304 g/mol. The van der Waals surface area contributed by atoms with Crippen LogP contribution in [-0.4, -0.2) is 28.7 Å². The van der Waals surface area contributed by atoms with Gasteiger partial charge in [-0.25, -0.2) is 9.69 Å². The van der Waals surface area contributed by atoms with E-state index in [4.69, 9.17) is 0 Å². The highest BCUT2D eigenvalue weighted by atomic mass is 16.2. The van der Waals surface area contributed by atoms with E-state index in [-0.39, 0.29) is 17.7 Å². The fourth-order valence-electron chi connectivity index (χ4n) is 3.42. The monoisotopic (exact) mass is 320 g/mol. The molecule has 0 saturated carbocycles. The van der Waals surface area contributed by atoms with Gasteiger partial charge in [0.05, 0.1) is 5.69 Å². The van der Waals surface area contributed by atoms with E-state index in [9.17, 15) is 14.4 Å². The molecular formula is C19H16N2O3. The minimum Gasteiger partial charge on any atom is -0.307 e. The molecule has 2 aliphatic heterocycles. The van der Waals surface area contributed by atoms with Crippen molar-refractivity contribution in [3.05, 3.63) is 65.2 Å². The number of nitrogens with zero attached hydrogens (tertiary/aromatic N) is 2. The summed E-state index contributed by atoms with van der Waals surface area (Å²) in [5, 5.41) is 0. The number of urea groups is 1. The average molecular weight is 320 g/mol. The minimum atomic E-state index is -0.464. The van der Waals surface area contributed by atoms with Gasteiger partial charge < -0.3 is 4.90 Å². The first-order valence-electron chi connectivity index (χ1n) is 7.88. The molecule has 5 nitrogen and oxygen atoms in total. The lowest BCUT2D eigenvalue weighted by Crippen LogP contribution is -2.39. The summed E-state index contributed by atoms with van der Waals surface area (Å²) in [7, 11) is 0. The van der Waals surface area contributed by atoms with Gasteiger partial charge in [0.1, 0.15) is 6.04 Å². The topological polar surface area (TPSA) is 57.7 Å². The number of fused-ring (bicyclic) bond motifs is 2. The molecule has 0 radical (unpaired) electrons. The van der Waals surface area contributed by atoms with Crippen LogP contribution in [0.3, 0.4) is 0 Å². The summed E-state index contributed by atoms with van der Waals surface area (Å²) in [6.45, 7) is 1.90. The molecule has 0 N–H and O–H groups in total. The Balaban J connectivity index is 1.71. The van der Waals surface area contributed by atoms with Gasteiger partial charge in [0.15, 0.2) is 5.78 Å². The van der Waals surface area contributed by atoms with E-state index in [1.165, 1.54) is 11.8 Å². The average Bonchev–Trinajstić information content (AvgIpc) is 2.84. The second-order valence-corrected chi connectivity index (χ2v) is 6.18. The number of Topliss-reactive ketones (excluding diaryl/α,β-unsaturated/α-hetero) is 1. The van der Waals surface area contributed by atoms with Crippen molar-refractivity contribution in [2.75, 3.05) is 4.90 Å². The van der Waals surface area contributed by atoms with Gasteiger partial charge in [-0.2, -0.15) is 0 Å². The zero-order valence-corrected chi connectivity index (χ0v) is 13.2. The molecule has 0 unspecified atom stereocenters. The van der Waals surface area contributed by atoms with Crippen molar-refractivity contribution < 1.29 is 14.4 Å². The molecule has 1 fully saturated rings. The quantitative estimate of drug-likeness (QED) is 0.631. The van der Waals surface area contributed by atoms with Crippen LogP contribution in [-0.2, 0) is 17.8 Å². The third-order valence-corrected chi connectivity index (χ3v) is 4.70. The van der Waals surface area contributed by atoms with Crippen LogP contribution in [0.25, 0.3) is 0 Å². The van der Waals surface area contributed by atoms with Crippen LogP contribution < -0.4 is 4.90 Å². The lowest BCUT2D eigenvalue weighted by atomic mass is 9.95. The molecule has 2 heterocycles. The zero-order valence-electron chi connectivity index (χ0n) is 13.2. The molecule has 2 aromatic carbocycles. The van der Waals surface area contributed by atoms with Gasteiger partial charge in [-0.3, -0.25) is 9.59 Å². The lowest BCUT2D eigenvalue weighted by Gasteiger charge is -2.28. The number of amides is 3. The molecule has 2 aromatic rings. The minimum absolute atomic E-state index is 0.0962. The lowest BCUT2D eigenvalue weighted by molar-refractivity contribution is -0.120. The molecule has 0 aliphatic carbocycles. The number of imide groups is 1. The third kappa shape index (κ3) is 2.12. The maximum atomic E-state index is 12.8. The van der Waals surface area contributed by atoms with E-state index >= 15 is 0 Å². The van der Waals surface area contributed by atoms with Crippen molar-refractivity contribution in [2.45, 2.75) is 25.9 Å². The standard InChI is InChI=1S/C19H16N2O3/c1-12(22)13-7-4-8-16(9-13)21-18(23)17-10-14-5-2-3-6-15(14)11-20(17)19(21)24/h2-9,17H,10-11H2,1H3/t17-/m1/s1. The fraction of sp³-hybridized carbons (Fsp3) is 0.211. The normalized spacial score (nSPS) is 19.3. The highest BCUT2D eigenvalue weighted by molar-refractivity contribution is 6.21. The summed E-state index contributed by atoms with van der Waals surface area (Å²) in [5.74, 6) is -0.323. The van der Waals surface area contributed by atoms with E-state index < -0.39 is 6.04 Å². The molecule has 4 rings (SSSR count). The van der Waals surface area contributed by atoms with Crippen LogP contribution in [0, 0.1) is 0 Å².